The van der Waals surface area contributed by atoms with Gasteiger partial charge in [0.1, 0.15) is 0 Å². The summed E-state index contributed by atoms with van der Waals surface area (Å²) in [5.74, 6) is 0. The van der Waals surface area contributed by atoms with Gasteiger partial charge in [-0.1, -0.05) is 11.6 Å². The highest BCUT2D eigenvalue weighted by Crippen LogP contribution is 2.19. The molecule has 0 fully saturated rings. The van der Waals surface area contributed by atoms with E-state index in [-0.39, 0.29) is 17.8 Å². The average Bonchev–Trinajstić information content (AvgIpc) is 2.40. The number of anilines is 1. The first-order chi connectivity index (χ1) is 9.00. The number of halogens is 1. The van der Waals surface area contributed by atoms with Crippen LogP contribution < -0.4 is 16.6 Å². The van der Waals surface area contributed by atoms with Gasteiger partial charge in [-0.15, -0.1) is 0 Å². The molecule has 2 aromatic heterocycles. The van der Waals surface area contributed by atoms with Crippen LogP contribution in [0.1, 0.15) is 5.56 Å². The summed E-state index contributed by atoms with van der Waals surface area (Å²) in [5.41, 5.74) is 0.438. The molecule has 0 spiro atoms. The molecule has 0 saturated carbocycles. The summed E-state index contributed by atoms with van der Waals surface area (Å²) in [6.45, 7) is 0.270. The van der Waals surface area contributed by atoms with Crippen LogP contribution in [0.15, 0.2) is 34.2 Å². The molecule has 0 unspecified atom stereocenters. The van der Waals surface area contributed by atoms with Crippen molar-refractivity contribution in [2.75, 3.05) is 5.32 Å². The molecule has 0 atom stereocenters. The Labute approximate surface area is 114 Å². The van der Waals surface area contributed by atoms with Gasteiger partial charge in [0.25, 0.3) is 5.56 Å². The summed E-state index contributed by atoms with van der Waals surface area (Å²) in [4.78, 5) is 27.4. The van der Waals surface area contributed by atoms with Crippen LogP contribution in [0, 0.1) is 0 Å². The van der Waals surface area contributed by atoms with Crippen molar-refractivity contribution in [3.63, 3.8) is 0 Å². The van der Waals surface area contributed by atoms with E-state index < -0.39 is 0 Å². The largest absolute Gasteiger partial charge is 0.378 e. The van der Waals surface area contributed by atoms with Gasteiger partial charge in [0.05, 0.1) is 22.5 Å². The topological polar surface area (TPSA) is 68.9 Å². The Kier molecular flexibility index (Phi) is 3.71. The van der Waals surface area contributed by atoms with E-state index in [0.717, 1.165) is 4.57 Å². The monoisotopic (exact) mass is 280 g/mol. The number of aromatic nitrogens is 3. The van der Waals surface area contributed by atoms with E-state index in [9.17, 15) is 9.59 Å². The van der Waals surface area contributed by atoms with Gasteiger partial charge in [-0.2, -0.15) is 0 Å². The summed E-state index contributed by atoms with van der Waals surface area (Å²) in [6.07, 6.45) is 4.68. The van der Waals surface area contributed by atoms with E-state index in [1.165, 1.54) is 17.8 Å². The highest BCUT2D eigenvalue weighted by Gasteiger charge is 2.07. The van der Waals surface area contributed by atoms with E-state index in [0.29, 0.717) is 16.3 Å². The third-order valence-corrected chi connectivity index (χ3v) is 3.08. The van der Waals surface area contributed by atoms with Crippen molar-refractivity contribution in [2.45, 2.75) is 6.54 Å². The smallest absolute Gasteiger partial charge is 0.330 e. The zero-order valence-corrected chi connectivity index (χ0v) is 11.3. The highest BCUT2D eigenvalue weighted by atomic mass is 35.5. The van der Waals surface area contributed by atoms with Crippen molar-refractivity contribution in [3.05, 3.63) is 56.1 Å². The van der Waals surface area contributed by atoms with Gasteiger partial charge < -0.3 is 9.88 Å². The Morgan fingerprint density at radius 1 is 1.37 bits per heavy atom. The second-order valence-electron chi connectivity index (χ2n) is 4.12. The Bertz CT molecular complexity index is 720. The molecule has 0 aromatic carbocycles. The van der Waals surface area contributed by atoms with E-state index in [2.05, 4.69) is 10.3 Å². The Morgan fingerprint density at radius 2 is 2.11 bits per heavy atom. The fraction of sp³-hybridized carbons (Fsp3) is 0.250. The van der Waals surface area contributed by atoms with E-state index in [1.54, 1.807) is 25.5 Å². The third-order valence-electron chi connectivity index (χ3n) is 2.75. The maximum absolute atomic E-state index is 11.9. The summed E-state index contributed by atoms with van der Waals surface area (Å²) in [7, 11) is 3.05. The molecule has 0 saturated heterocycles. The molecule has 2 aromatic rings. The second kappa shape index (κ2) is 5.27. The van der Waals surface area contributed by atoms with Crippen LogP contribution in [-0.4, -0.2) is 14.1 Å². The second-order valence-corrected chi connectivity index (χ2v) is 4.53. The molecule has 0 aliphatic rings. The first-order valence-electron chi connectivity index (χ1n) is 5.59. The van der Waals surface area contributed by atoms with Crippen molar-refractivity contribution in [3.8, 4) is 0 Å². The van der Waals surface area contributed by atoms with Crippen molar-refractivity contribution in [1.29, 1.82) is 0 Å². The Balaban J connectivity index is 2.29. The molecule has 100 valence electrons. The molecule has 2 heterocycles. The van der Waals surface area contributed by atoms with Crippen molar-refractivity contribution >= 4 is 17.3 Å². The minimum Gasteiger partial charge on any atom is -0.378 e. The van der Waals surface area contributed by atoms with Crippen LogP contribution in [0.2, 0.25) is 5.02 Å². The maximum atomic E-state index is 11.9. The lowest BCUT2D eigenvalue weighted by Crippen LogP contribution is -2.38. The SMILES string of the molecule is Cn1cc(CNc2cnccc2Cl)c(=O)n(C)c1=O. The predicted molar refractivity (Wildman–Crippen MR) is 73.5 cm³/mol. The number of nitrogens with one attached hydrogen (secondary N) is 1. The third kappa shape index (κ3) is 2.68. The number of pyridine rings is 1. The molecule has 2 rings (SSSR count). The molecule has 0 aliphatic heterocycles. The number of nitrogens with zero attached hydrogens (tertiary/aromatic N) is 3. The molecule has 0 amide bonds. The molecule has 0 radical (unpaired) electrons. The average molecular weight is 281 g/mol. The maximum Gasteiger partial charge on any atom is 0.330 e. The van der Waals surface area contributed by atoms with E-state index in [1.807, 2.05) is 0 Å². The number of aryl methyl sites for hydroxylation is 1. The van der Waals surface area contributed by atoms with Crippen LogP contribution in [0.3, 0.4) is 0 Å². The summed E-state index contributed by atoms with van der Waals surface area (Å²) in [5, 5.41) is 3.55. The number of hydrogen-bond acceptors (Lipinski definition) is 4. The number of hydrogen-bond donors (Lipinski definition) is 1. The normalized spacial score (nSPS) is 10.5. The molecule has 19 heavy (non-hydrogen) atoms. The molecular formula is C12H13ClN4O2. The lowest BCUT2D eigenvalue weighted by Gasteiger charge is -2.09. The molecule has 0 bridgehead atoms. The zero-order valence-electron chi connectivity index (χ0n) is 10.6. The fourth-order valence-electron chi connectivity index (χ4n) is 1.70. The fourth-order valence-corrected chi connectivity index (χ4v) is 1.87. The van der Waals surface area contributed by atoms with Crippen LogP contribution in [0.25, 0.3) is 0 Å². The number of rotatable bonds is 3. The summed E-state index contributed by atoms with van der Waals surface area (Å²) in [6, 6.07) is 1.66. The van der Waals surface area contributed by atoms with Crippen LogP contribution in [-0.2, 0) is 20.6 Å². The van der Waals surface area contributed by atoms with Gasteiger partial charge in [-0.25, -0.2) is 4.79 Å². The quantitative estimate of drug-likeness (QED) is 0.901. The van der Waals surface area contributed by atoms with Crippen molar-refractivity contribution in [1.82, 2.24) is 14.1 Å². The molecule has 0 aliphatic carbocycles. The van der Waals surface area contributed by atoms with E-state index in [4.69, 9.17) is 11.6 Å². The molecular weight excluding hydrogens is 268 g/mol. The zero-order chi connectivity index (χ0) is 14.0. The van der Waals surface area contributed by atoms with Crippen molar-refractivity contribution in [2.24, 2.45) is 14.1 Å². The van der Waals surface area contributed by atoms with Crippen LogP contribution in [0.5, 0.6) is 0 Å². The highest BCUT2D eigenvalue weighted by molar-refractivity contribution is 6.33. The summed E-state index contributed by atoms with van der Waals surface area (Å²) < 4.78 is 2.44. The van der Waals surface area contributed by atoms with Gasteiger partial charge in [-0.05, 0) is 6.07 Å². The molecule has 7 heteroatoms. The molecule has 6 nitrogen and oxygen atoms in total. The first kappa shape index (κ1) is 13.4. The van der Waals surface area contributed by atoms with Crippen molar-refractivity contribution < 1.29 is 0 Å². The standard InChI is InChI=1S/C12H13ClN4O2/c1-16-7-8(11(18)17(2)12(16)19)5-15-10-6-14-4-3-9(10)13/h3-4,6-7,15H,5H2,1-2H3. The van der Waals surface area contributed by atoms with Gasteiger partial charge in [0.2, 0.25) is 0 Å². The Morgan fingerprint density at radius 3 is 2.79 bits per heavy atom. The minimum atomic E-state index is -0.354. The van der Waals surface area contributed by atoms with E-state index >= 15 is 0 Å². The molecule has 1 N–H and O–H groups in total. The van der Waals surface area contributed by atoms with Crippen LogP contribution in [0.4, 0.5) is 5.69 Å². The summed E-state index contributed by atoms with van der Waals surface area (Å²) >= 11 is 5.98. The minimum absolute atomic E-state index is 0.270. The first-order valence-corrected chi connectivity index (χ1v) is 5.97. The predicted octanol–water partition coefficient (Wildman–Crippen LogP) is 0.744. The van der Waals surface area contributed by atoms with Gasteiger partial charge in [0.15, 0.2) is 0 Å². The Hall–Kier alpha value is -2.08. The lowest BCUT2D eigenvalue weighted by atomic mass is 10.3. The van der Waals surface area contributed by atoms with Gasteiger partial charge in [-0.3, -0.25) is 14.3 Å². The van der Waals surface area contributed by atoms with Gasteiger partial charge >= 0.3 is 5.69 Å². The van der Waals surface area contributed by atoms with Gasteiger partial charge in [0, 0.05) is 33.0 Å². The lowest BCUT2D eigenvalue weighted by molar-refractivity contribution is 0.671. The van der Waals surface area contributed by atoms with Crippen LogP contribution >= 0.6 is 11.6 Å².